The van der Waals surface area contributed by atoms with Gasteiger partial charge >= 0.3 is 5.97 Å². The van der Waals surface area contributed by atoms with Crippen LogP contribution in [0.15, 0.2) is 18.2 Å². The lowest BCUT2D eigenvalue weighted by molar-refractivity contribution is -0.145. The van der Waals surface area contributed by atoms with Gasteiger partial charge in [0.1, 0.15) is 18.4 Å². The maximum Gasteiger partial charge on any atom is 0.326 e. The molecule has 94 valence electrons. The molecule has 0 fully saturated rings. The van der Waals surface area contributed by atoms with Gasteiger partial charge in [-0.2, -0.15) is 0 Å². The van der Waals surface area contributed by atoms with Crippen LogP contribution in [-0.4, -0.2) is 25.2 Å². The third-order valence-electron chi connectivity index (χ3n) is 2.21. The number of rotatable bonds is 5. The van der Waals surface area contributed by atoms with E-state index >= 15 is 0 Å². The van der Waals surface area contributed by atoms with Gasteiger partial charge in [-0.25, -0.2) is 0 Å². The molecule has 0 spiro atoms. The van der Waals surface area contributed by atoms with Gasteiger partial charge in [-0.1, -0.05) is 6.07 Å². The number of hydrogen-bond donors (Lipinski definition) is 1. The molecule has 0 bridgehead atoms. The minimum absolute atomic E-state index is 0.127. The Morgan fingerprint density at radius 1 is 1.29 bits per heavy atom. The molecule has 0 aliphatic rings. The Labute approximate surface area is 102 Å². The summed E-state index contributed by atoms with van der Waals surface area (Å²) in [6.45, 7) is 6.18. The third kappa shape index (κ3) is 4.44. The number of carbonyl (C=O) groups is 1. The van der Waals surface area contributed by atoms with Gasteiger partial charge in [0.25, 0.3) is 0 Å². The van der Waals surface area contributed by atoms with E-state index in [1.165, 1.54) is 0 Å². The smallest absolute Gasteiger partial charge is 0.326 e. The fourth-order valence-corrected chi connectivity index (χ4v) is 1.52. The van der Waals surface area contributed by atoms with E-state index in [1.54, 1.807) is 6.92 Å². The summed E-state index contributed by atoms with van der Waals surface area (Å²) >= 11 is 0. The number of ether oxygens (including phenoxy) is 2. The zero-order chi connectivity index (χ0) is 12.8. The van der Waals surface area contributed by atoms with Crippen LogP contribution >= 0.6 is 0 Å². The molecule has 4 nitrogen and oxygen atoms in total. The lowest BCUT2D eigenvalue weighted by atomic mass is 10.1. The third-order valence-corrected chi connectivity index (χ3v) is 2.21. The predicted octanol–water partition coefficient (Wildman–Crippen LogP) is 1.57. The summed E-state index contributed by atoms with van der Waals surface area (Å²) in [5, 5.41) is 0. The molecular weight excluding hydrogens is 218 g/mol. The second-order valence-electron chi connectivity index (χ2n) is 3.99. The van der Waals surface area contributed by atoms with Gasteiger partial charge in [-0.3, -0.25) is 4.79 Å². The molecule has 1 unspecified atom stereocenters. The highest BCUT2D eigenvalue weighted by Gasteiger charge is 2.15. The molecule has 1 aromatic carbocycles. The van der Waals surface area contributed by atoms with Crippen molar-refractivity contribution < 1.29 is 14.3 Å². The Balaban J connectivity index is 2.52. The van der Waals surface area contributed by atoms with Gasteiger partial charge in [0, 0.05) is 0 Å². The Bertz CT molecular complexity index is 370. The highest BCUT2D eigenvalue weighted by Crippen LogP contribution is 2.16. The lowest BCUT2D eigenvalue weighted by Gasteiger charge is -2.12. The molecule has 1 atom stereocenters. The van der Waals surface area contributed by atoms with Gasteiger partial charge in [0.2, 0.25) is 0 Å². The first-order valence-electron chi connectivity index (χ1n) is 5.66. The van der Waals surface area contributed by atoms with Crippen LogP contribution < -0.4 is 10.5 Å². The normalized spacial score (nSPS) is 12.0. The molecule has 2 N–H and O–H groups in total. The van der Waals surface area contributed by atoms with E-state index in [2.05, 4.69) is 6.07 Å². The first-order valence-corrected chi connectivity index (χ1v) is 5.66. The van der Waals surface area contributed by atoms with E-state index in [-0.39, 0.29) is 6.61 Å². The SMILES string of the molecule is CCOC(=O)C(N)COc1cc(C)cc(C)c1. The monoisotopic (exact) mass is 237 g/mol. The fourth-order valence-electron chi connectivity index (χ4n) is 1.52. The van der Waals surface area contributed by atoms with E-state index in [0.29, 0.717) is 6.61 Å². The molecule has 0 aliphatic carbocycles. The number of nitrogens with two attached hydrogens (primary N) is 1. The van der Waals surface area contributed by atoms with Crippen LogP contribution in [0, 0.1) is 13.8 Å². The Kier molecular flexibility index (Phi) is 4.97. The van der Waals surface area contributed by atoms with Gasteiger partial charge in [0.15, 0.2) is 0 Å². The number of benzene rings is 1. The standard InChI is InChI=1S/C13H19NO3/c1-4-16-13(15)12(14)8-17-11-6-9(2)5-10(3)7-11/h5-7,12H,4,8,14H2,1-3H3. The Hall–Kier alpha value is -1.55. The molecule has 0 saturated carbocycles. The van der Waals surface area contributed by atoms with Crippen LogP contribution in [0.2, 0.25) is 0 Å². The van der Waals surface area contributed by atoms with Gasteiger partial charge in [-0.05, 0) is 44.0 Å². The summed E-state index contributed by atoms with van der Waals surface area (Å²) in [5.74, 6) is 0.291. The van der Waals surface area contributed by atoms with E-state index in [0.717, 1.165) is 16.9 Å². The summed E-state index contributed by atoms with van der Waals surface area (Å²) < 4.78 is 10.3. The molecule has 0 aliphatic heterocycles. The van der Waals surface area contributed by atoms with Crippen molar-refractivity contribution in [3.05, 3.63) is 29.3 Å². The zero-order valence-corrected chi connectivity index (χ0v) is 10.5. The van der Waals surface area contributed by atoms with Crippen molar-refractivity contribution in [2.45, 2.75) is 26.8 Å². The minimum Gasteiger partial charge on any atom is -0.491 e. The zero-order valence-electron chi connectivity index (χ0n) is 10.5. The van der Waals surface area contributed by atoms with E-state index in [4.69, 9.17) is 15.2 Å². The average molecular weight is 237 g/mol. The van der Waals surface area contributed by atoms with Gasteiger partial charge < -0.3 is 15.2 Å². The van der Waals surface area contributed by atoms with Crippen molar-refractivity contribution in [1.82, 2.24) is 0 Å². The number of hydrogen-bond acceptors (Lipinski definition) is 4. The van der Waals surface area contributed by atoms with Crippen molar-refractivity contribution >= 4 is 5.97 Å². The van der Waals surface area contributed by atoms with Crippen LogP contribution in [0.25, 0.3) is 0 Å². The van der Waals surface area contributed by atoms with E-state index < -0.39 is 12.0 Å². The minimum atomic E-state index is -0.740. The van der Waals surface area contributed by atoms with Crippen LogP contribution in [-0.2, 0) is 9.53 Å². The highest BCUT2D eigenvalue weighted by molar-refractivity contribution is 5.75. The number of esters is 1. The molecule has 1 rings (SSSR count). The summed E-state index contributed by atoms with van der Waals surface area (Å²) in [7, 11) is 0. The Morgan fingerprint density at radius 3 is 2.41 bits per heavy atom. The molecule has 0 radical (unpaired) electrons. The predicted molar refractivity (Wildman–Crippen MR) is 66.0 cm³/mol. The van der Waals surface area contributed by atoms with Crippen molar-refractivity contribution in [1.29, 1.82) is 0 Å². The fraction of sp³-hybridized carbons (Fsp3) is 0.462. The molecule has 1 aromatic rings. The largest absolute Gasteiger partial charge is 0.491 e. The van der Waals surface area contributed by atoms with Crippen molar-refractivity contribution in [2.75, 3.05) is 13.2 Å². The molecule has 0 aromatic heterocycles. The van der Waals surface area contributed by atoms with Crippen molar-refractivity contribution in [2.24, 2.45) is 5.73 Å². The molecule has 0 saturated heterocycles. The second-order valence-corrected chi connectivity index (χ2v) is 3.99. The average Bonchev–Trinajstić information content (AvgIpc) is 2.25. The van der Waals surface area contributed by atoms with Crippen molar-refractivity contribution in [3.63, 3.8) is 0 Å². The quantitative estimate of drug-likeness (QED) is 0.790. The van der Waals surface area contributed by atoms with Gasteiger partial charge in [-0.15, -0.1) is 0 Å². The molecule has 0 amide bonds. The van der Waals surface area contributed by atoms with E-state index in [1.807, 2.05) is 26.0 Å². The number of carbonyl (C=O) groups excluding carboxylic acids is 1. The molecule has 17 heavy (non-hydrogen) atoms. The maximum atomic E-state index is 11.3. The topological polar surface area (TPSA) is 61.5 Å². The number of aryl methyl sites for hydroxylation is 2. The van der Waals surface area contributed by atoms with Crippen LogP contribution in [0.5, 0.6) is 5.75 Å². The first kappa shape index (κ1) is 13.5. The summed E-state index contributed by atoms with van der Waals surface area (Å²) in [6, 6.07) is 5.13. The van der Waals surface area contributed by atoms with Crippen LogP contribution in [0.3, 0.4) is 0 Å². The van der Waals surface area contributed by atoms with Crippen LogP contribution in [0.1, 0.15) is 18.1 Å². The summed E-state index contributed by atoms with van der Waals surface area (Å²) in [6.07, 6.45) is 0. The summed E-state index contributed by atoms with van der Waals surface area (Å²) in [4.78, 5) is 11.3. The maximum absolute atomic E-state index is 11.3. The molecular formula is C13H19NO3. The molecule has 4 heteroatoms. The van der Waals surface area contributed by atoms with E-state index in [9.17, 15) is 4.79 Å². The molecule has 0 heterocycles. The van der Waals surface area contributed by atoms with Crippen LogP contribution in [0.4, 0.5) is 0 Å². The second kappa shape index (κ2) is 6.25. The summed E-state index contributed by atoms with van der Waals surface area (Å²) in [5.41, 5.74) is 7.86. The van der Waals surface area contributed by atoms with Crippen molar-refractivity contribution in [3.8, 4) is 5.75 Å². The first-order chi connectivity index (χ1) is 8.02. The highest BCUT2D eigenvalue weighted by atomic mass is 16.5. The van der Waals surface area contributed by atoms with Gasteiger partial charge in [0.05, 0.1) is 6.61 Å². The lowest BCUT2D eigenvalue weighted by Crippen LogP contribution is -2.37. The Morgan fingerprint density at radius 2 is 1.88 bits per heavy atom.